The molecule has 0 aliphatic rings. The van der Waals surface area contributed by atoms with Crippen molar-refractivity contribution in [3.05, 3.63) is 23.8 Å². The van der Waals surface area contributed by atoms with Gasteiger partial charge in [0.15, 0.2) is 0 Å². The molecule has 0 aliphatic heterocycles. The van der Waals surface area contributed by atoms with Crippen LogP contribution in [0.3, 0.4) is 0 Å². The Balaban J connectivity index is 2.45. The standard InChI is InChI=1S/C9H9FN2O/c1-2-3-4-11-9(13)8-5-7(10)6-12-8/h1,5-6,12H,3-4H2,(H,11,13). The summed E-state index contributed by atoms with van der Waals surface area (Å²) in [5.41, 5.74) is 0.203. The number of amides is 1. The molecular weight excluding hydrogens is 171 g/mol. The van der Waals surface area contributed by atoms with Gasteiger partial charge in [-0.15, -0.1) is 12.3 Å². The molecule has 0 aliphatic carbocycles. The molecule has 2 N–H and O–H groups in total. The molecule has 0 unspecified atom stereocenters. The van der Waals surface area contributed by atoms with E-state index >= 15 is 0 Å². The number of H-pyrrole nitrogens is 1. The molecule has 1 rings (SSSR count). The fourth-order valence-electron chi connectivity index (χ4n) is 0.842. The van der Waals surface area contributed by atoms with Crippen molar-refractivity contribution in [3.8, 4) is 12.3 Å². The predicted molar refractivity (Wildman–Crippen MR) is 46.5 cm³/mol. The minimum absolute atomic E-state index is 0.203. The molecule has 3 nitrogen and oxygen atoms in total. The Hall–Kier alpha value is -1.76. The number of hydrogen-bond acceptors (Lipinski definition) is 1. The van der Waals surface area contributed by atoms with Gasteiger partial charge in [-0.25, -0.2) is 4.39 Å². The van der Waals surface area contributed by atoms with Gasteiger partial charge in [-0.2, -0.15) is 0 Å². The Bertz CT molecular complexity index is 338. The Morgan fingerprint density at radius 2 is 2.54 bits per heavy atom. The molecule has 0 saturated carbocycles. The molecule has 0 saturated heterocycles. The normalized spacial score (nSPS) is 9.23. The summed E-state index contributed by atoms with van der Waals surface area (Å²) in [6, 6.07) is 1.13. The van der Waals surface area contributed by atoms with Crippen molar-refractivity contribution in [2.24, 2.45) is 0 Å². The van der Waals surface area contributed by atoms with Gasteiger partial charge in [-0.3, -0.25) is 4.79 Å². The van der Waals surface area contributed by atoms with E-state index in [1.165, 1.54) is 0 Å². The third-order valence-electron chi connectivity index (χ3n) is 1.45. The van der Waals surface area contributed by atoms with Crippen molar-refractivity contribution in [1.29, 1.82) is 0 Å². The predicted octanol–water partition coefficient (Wildman–Crippen LogP) is 0.907. The van der Waals surface area contributed by atoms with Gasteiger partial charge < -0.3 is 10.3 Å². The first kappa shape index (κ1) is 9.33. The maximum atomic E-state index is 12.4. The number of carbonyl (C=O) groups is 1. The summed E-state index contributed by atoms with van der Waals surface area (Å²) in [7, 11) is 0. The van der Waals surface area contributed by atoms with Gasteiger partial charge >= 0.3 is 0 Å². The quantitative estimate of drug-likeness (QED) is 0.527. The van der Waals surface area contributed by atoms with Crippen molar-refractivity contribution in [2.45, 2.75) is 6.42 Å². The highest BCUT2D eigenvalue weighted by atomic mass is 19.1. The van der Waals surface area contributed by atoms with E-state index in [0.717, 1.165) is 12.3 Å². The van der Waals surface area contributed by atoms with Crippen molar-refractivity contribution >= 4 is 5.91 Å². The van der Waals surface area contributed by atoms with Crippen molar-refractivity contribution < 1.29 is 9.18 Å². The van der Waals surface area contributed by atoms with Gasteiger partial charge in [0.05, 0.1) is 0 Å². The van der Waals surface area contributed by atoms with Gasteiger partial charge in [0.2, 0.25) is 0 Å². The molecule has 13 heavy (non-hydrogen) atoms. The van der Waals surface area contributed by atoms with Crippen molar-refractivity contribution in [3.63, 3.8) is 0 Å². The highest BCUT2D eigenvalue weighted by Crippen LogP contribution is 2.00. The third kappa shape index (κ3) is 2.64. The SMILES string of the molecule is C#CCCNC(=O)c1cc(F)c[nH]1. The molecule has 0 radical (unpaired) electrons. The second kappa shape index (κ2) is 4.31. The molecule has 1 aromatic heterocycles. The minimum Gasteiger partial charge on any atom is -0.355 e. The van der Waals surface area contributed by atoms with E-state index < -0.39 is 5.82 Å². The lowest BCUT2D eigenvalue weighted by atomic mass is 10.4. The molecular formula is C9H9FN2O. The smallest absolute Gasteiger partial charge is 0.267 e. The summed E-state index contributed by atoms with van der Waals surface area (Å²) >= 11 is 0. The van der Waals surface area contributed by atoms with E-state index in [-0.39, 0.29) is 11.6 Å². The number of nitrogens with one attached hydrogen (secondary N) is 2. The summed E-state index contributed by atoms with van der Waals surface area (Å²) < 4.78 is 12.4. The van der Waals surface area contributed by atoms with Crippen LogP contribution in [0.4, 0.5) is 4.39 Å². The molecule has 1 aromatic rings. The summed E-state index contributed by atoms with van der Waals surface area (Å²) in [6.45, 7) is 0.399. The summed E-state index contributed by atoms with van der Waals surface area (Å²) in [4.78, 5) is 13.6. The van der Waals surface area contributed by atoms with Crippen LogP contribution < -0.4 is 5.32 Å². The Kier molecular flexibility index (Phi) is 3.09. The highest BCUT2D eigenvalue weighted by molar-refractivity contribution is 5.92. The lowest BCUT2D eigenvalue weighted by Crippen LogP contribution is -2.24. The topological polar surface area (TPSA) is 44.9 Å². The van der Waals surface area contributed by atoms with Crippen LogP contribution in [0, 0.1) is 18.2 Å². The fourth-order valence-corrected chi connectivity index (χ4v) is 0.842. The monoisotopic (exact) mass is 180 g/mol. The molecule has 0 fully saturated rings. The zero-order chi connectivity index (χ0) is 9.68. The lowest BCUT2D eigenvalue weighted by molar-refractivity contribution is 0.0950. The number of terminal acetylenes is 1. The zero-order valence-corrected chi connectivity index (χ0v) is 6.93. The molecule has 0 spiro atoms. The largest absolute Gasteiger partial charge is 0.355 e. The Morgan fingerprint density at radius 3 is 3.08 bits per heavy atom. The molecule has 1 heterocycles. The van der Waals surface area contributed by atoms with E-state index in [0.29, 0.717) is 13.0 Å². The van der Waals surface area contributed by atoms with Crippen LogP contribution in [-0.4, -0.2) is 17.4 Å². The van der Waals surface area contributed by atoms with Gasteiger partial charge in [0, 0.05) is 25.2 Å². The molecule has 1 amide bonds. The number of carbonyl (C=O) groups excluding carboxylic acids is 1. The molecule has 4 heteroatoms. The fraction of sp³-hybridized carbons (Fsp3) is 0.222. The van der Waals surface area contributed by atoms with Crippen molar-refractivity contribution in [2.75, 3.05) is 6.54 Å². The Labute approximate surface area is 75.3 Å². The van der Waals surface area contributed by atoms with Crippen molar-refractivity contribution in [1.82, 2.24) is 10.3 Å². The van der Waals surface area contributed by atoms with Crippen LogP contribution >= 0.6 is 0 Å². The lowest BCUT2D eigenvalue weighted by Gasteiger charge is -1.98. The number of aromatic nitrogens is 1. The maximum Gasteiger partial charge on any atom is 0.267 e. The first-order valence-electron chi connectivity index (χ1n) is 3.79. The van der Waals surface area contributed by atoms with Gasteiger partial charge in [-0.1, -0.05) is 0 Å². The minimum atomic E-state index is -0.456. The molecule has 0 aromatic carbocycles. The second-order valence-electron chi connectivity index (χ2n) is 2.44. The zero-order valence-electron chi connectivity index (χ0n) is 6.93. The van der Waals surface area contributed by atoms with Crippen LogP contribution in [0.5, 0.6) is 0 Å². The van der Waals surface area contributed by atoms with Crippen LogP contribution in [0.2, 0.25) is 0 Å². The average molecular weight is 180 g/mol. The van der Waals surface area contributed by atoms with E-state index in [4.69, 9.17) is 6.42 Å². The van der Waals surface area contributed by atoms with Gasteiger partial charge in [0.1, 0.15) is 11.5 Å². The third-order valence-corrected chi connectivity index (χ3v) is 1.45. The van der Waals surface area contributed by atoms with E-state index in [9.17, 15) is 9.18 Å². The van der Waals surface area contributed by atoms with E-state index in [1.54, 1.807) is 0 Å². The van der Waals surface area contributed by atoms with Crippen LogP contribution in [0.25, 0.3) is 0 Å². The first-order valence-corrected chi connectivity index (χ1v) is 3.79. The van der Waals surface area contributed by atoms with E-state index in [2.05, 4.69) is 16.2 Å². The maximum absolute atomic E-state index is 12.4. The highest BCUT2D eigenvalue weighted by Gasteiger charge is 2.06. The second-order valence-corrected chi connectivity index (χ2v) is 2.44. The van der Waals surface area contributed by atoms with Gasteiger partial charge in [0.25, 0.3) is 5.91 Å². The number of aromatic amines is 1. The van der Waals surface area contributed by atoms with Crippen LogP contribution in [-0.2, 0) is 0 Å². The van der Waals surface area contributed by atoms with E-state index in [1.807, 2.05) is 0 Å². The average Bonchev–Trinajstić information content (AvgIpc) is 2.52. The molecule has 68 valence electrons. The van der Waals surface area contributed by atoms with Gasteiger partial charge in [-0.05, 0) is 0 Å². The number of hydrogen-bond donors (Lipinski definition) is 2. The number of halogens is 1. The summed E-state index contributed by atoms with van der Waals surface area (Å²) in [5.74, 6) is 1.58. The van der Waals surface area contributed by atoms with Crippen LogP contribution in [0.15, 0.2) is 12.3 Å². The number of rotatable bonds is 3. The summed E-state index contributed by atoms with van der Waals surface area (Å²) in [6.07, 6.45) is 6.58. The first-order chi connectivity index (χ1) is 6.24. The Morgan fingerprint density at radius 1 is 1.77 bits per heavy atom. The van der Waals surface area contributed by atoms with Crippen LogP contribution in [0.1, 0.15) is 16.9 Å². The molecule has 0 bridgehead atoms. The molecule has 0 atom stereocenters. The summed E-state index contributed by atoms with van der Waals surface area (Å²) in [5, 5.41) is 2.53.